The molecule has 0 saturated heterocycles. The van der Waals surface area contributed by atoms with Crippen LogP contribution in [-0.4, -0.2) is 5.16 Å². The van der Waals surface area contributed by atoms with E-state index < -0.39 is 0 Å². The normalized spacial score (nSPS) is 10.7. The lowest BCUT2D eigenvalue weighted by Crippen LogP contribution is -1.95. The molecule has 0 fully saturated rings. The van der Waals surface area contributed by atoms with Crippen LogP contribution in [0, 0.1) is 0 Å². The fourth-order valence-electron chi connectivity index (χ4n) is 1.17. The van der Waals surface area contributed by atoms with Gasteiger partial charge in [0, 0.05) is 17.5 Å². The third-order valence-electron chi connectivity index (χ3n) is 1.89. The van der Waals surface area contributed by atoms with Crippen molar-refractivity contribution >= 4 is 11.3 Å². The minimum absolute atomic E-state index is 0.397. The average molecular weight is 224 g/mol. The Hall–Kier alpha value is -1.17. The zero-order chi connectivity index (χ0) is 10.5. The summed E-state index contributed by atoms with van der Waals surface area (Å²) in [5.41, 5.74) is 6.16. The van der Waals surface area contributed by atoms with E-state index in [1.165, 1.54) is 4.88 Å². The van der Waals surface area contributed by atoms with Gasteiger partial charge < -0.3 is 15.0 Å². The molecule has 80 valence electrons. The predicted molar refractivity (Wildman–Crippen MR) is 57.2 cm³/mol. The molecule has 0 aliphatic rings. The second kappa shape index (κ2) is 5.06. The predicted octanol–water partition coefficient (Wildman–Crippen LogP) is 1.91. The summed E-state index contributed by atoms with van der Waals surface area (Å²) in [7, 11) is 0. The molecular weight excluding hydrogens is 212 g/mol. The van der Waals surface area contributed by atoms with Crippen LogP contribution in [0.5, 0.6) is 0 Å². The van der Waals surface area contributed by atoms with Gasteiger partial charge in [-0.05, 0) is 11.4 Å². The smallest absolute Gasteiger partial charge is 0.162 e. The van der Waals surface area contributed by atoms with Crippen molar-refractivity contribution in [2.45, 2.75) is 19.8 Å². The number of hydrogen-bond acceptors (Lipinski definition) is 5. The summed E-state index contributed by atoms with van der Waals surface area (Å²) >= 11 is 1.68. The van der Waals surface area contributed by atoms with Crippen LogP contribution in [0.2, 0.25) is 0 Å². The van der Waals surface area contributed by atoms with Gasteiger partial charge in [-0.1, -0.05) is 11.2 Å². The number of ether oxygens (including phenoxy) is 1. The molecule has 0 aliphatic carbocycles. The molecule has 2 N–H and O–H groups in total. The molecule has 5 heteroatoms. The molecule has 2 aromatic heterocycles. The molecule has 0 aliphatic heterocycles. The first-order valence-corrected chi connectivity index (χ1v) is 5.51. The maximum atomic E-state index is 5.46. The van der Waals surface area contributed by atoms with Crippen LogP contribution in [0.3, 0.4) is 0 Å². The molecule has 0 radical (unpaired) electrons. The molecule has 2 rings (SSSR count). The molecule has 4 nitrogen and oxygen atoms in total. The molecule has 0 amide bonds. The summed E-state index contributed by atoms with van der Waals surface area (Å²) in [6.45, 7) is 1.44. The van der Waals surface area contributed by atoms with Gasteiger partial charge in [0.05, 0.1) is 12.3 Å². The number of aromatic nitrogens is 1. The first-order valence-electron chi connectivity index (χ1n) is 4.63. The van der Waals surface area contributed by atoms with Gasteiger partial charge >= 0.3 is 0 Å². The van der Waals surface area contributed by atoms with Crippen molar-refractivity contribution in [1.29, 1.82) is 0 Å². The third kappa shape index (κ3) is 2.89. The maximum absolute atomic E-state index is 5.46. The zero-order valence-electron chi connectivity index (χ0n) is 8.18. The van der Waals surface area contributed by atoms with E-state index in [0.29, 0.717) is 25.5 Å². The van der Waals surface area contributed by atoms with Gasteiger partial charge in [0.1, 0.15) is 6.61 Å². The Bertz CT molecular complexity index is 397. The highest BCUT2D eigenvalue weighted by molar-refractivity contribution is 7.09. The lowest BCUT2D eigenvalue weighted by atomic mass is 10.4. The Balaban J connectivity index is 1.78. The van der Waals surface area contributed by atoms with Crippen molar-refractivity contribution < 1.29 is 9.26 Å². The number of rotatable bonds is 5. The first kappa shape index (κ1) is 10.4. The van der Waals surface area contributed by atoms with E-state index in [0.717, 1.165) is 5.69 Å². The van der Waals surface area contributed by atoms with Crippen LogP contribution >= 0.6 is 11.3 Å². The number of hydrogen-bond donors (Lipinski definition) is 1. The average Bonchev–Trinajstić information content (AvgIpc) is 2.88. The Morgan fingerprint density at radius 3 is 3.07 bits per heavy atom. The first-order chi connectivity index (χ1) is 7.38. The van der Waals surface area contributed by atoms with E-state index in [2.05, 4.69) is 5.16 Å². The van der Waals surface area contributed by atoms with Crippen molar-refractivity contribution in [2.75, 3.05) is 0 Å². The molecule has 0 aromatic carbocycles. The van der Waals surface area contributed by atoms with Gasteiger partial charge in [-0.15, -0.1) is 11.3 Å². The third-order valence-corrected chi connectivity index (χ3v) is 2.74. The molecule has 0 bridgehead atoms. The highest BCUT2D eigenvalue weighted by atomic mass is 32.1. The quantitative estimate of drug-likeness (QED) is 0.842. The van der Waals surface area contributed by atoms with E-state index in [-0.39, 0.29) is 0 Å². The lowest BCUT2D eigenvalue weighted by Gasteiger charge is -1.97. The molecule has 0 spiro atoms. The van der Waals surface area contributed by atoms with Crippen LogP contribution in [0.25, 0.3) is 0 Å². The molecule has 15 heavy (non-hydrogen) atoms. The van der Waals surface area contributed by atoms with Gasteiger partial charge in [-0.25, -0.2) is 0 Å². The second-order valence-corrected chi connectivity index (χ2v) is 4.09. The van der Waals surface area contributed by atoms with Gasteiger partial charge in [0.25, 0.3) is 0 Å². The number of nitrogens with two attached hydrogens (primary N) is 1. The molecule has 0 saturated carbocycles. The molecular formula is C10H12N2O2S. The van der Waals surface area contributed by atoms with E-state index in [4.69, 9.17) is 15.0 Å². The van der Waals surface area contributed by atoms with Crippen molar-refractivity contribution in [3.05, 3.63) is 39.9 Å². The summed E-state index contributed by atoms with van der Waals surface area (Å²) in [6.07, 6.45) is 0. The van der Waals surface area contributed by atoms with Crippen LogP contribution in [-0.2, 0) is 24.5 Å². The maximum Gasteiger partial charge on any atom is 0.162 e. The van der Waals surface area contributed by atoms with E-state index in [9.17, 15) is 0 Å². The van der Waals surface area contributed by atoms with E-state index in [1.54, 1.807) is 11.3 Å². The Kier molecular flexibility index (Phi) is 3.49. The lowest BCUT2D eigenvalue weighted by molar-refractivity contribution is 0.0901. The molecule has 2 aromatic rings. The monoisotopic (exact) mass is 224 g/mol. The van der Waals surface area contributed by atoms with E-state index >= 15 is 0 Å². The standard InChI is InChI=1S/C10H12N2O2S/c11-5-8-4-9(14-12-8)6-13-7-10-2-1-3-15-10/h1-4H,5-7,11H2. The van der Waals surface area contributed by atoms with Crippen molar-refractivity contribution in [1.82, 2.24) is 5.16 Å². The molecule has 0 unspecified atom stereocenters. The number of thiophene rings is 1. The zero-order valence-corrected chi connectivity index (χ0v) is 9.00. The summed E-state index contributed by atoms with van der Waals surface area (Å²) in [6, 6.07) is 5.86. The fraction of sp³-hybridized carbons (Fsp3) is 0.300. The summed E-state index contributed by atoms with van der Waals surface area (Å²) < 4.78 is 10.5. The SMILES string of the molecule is NCc1cc(COCc2cccs2)on1. The largest absolute Gasteiger partial charge is 0.368 e. The summed E-state index contributed by atoms with van der Waals surface area (Å²) in [4.78, 5) is 1.20. The Morgan fingerprint density at radius 2 is 2.40 bits per heavy atom. The van der Waals surface area contributed by atoms with Crippen molar-refractivity contribution in [3.8, 4) is 0 Å². The summed E-state index contributed by atoms with van der Waals surface area (Å²) in [5, 5.41) is 5.80. The Labute approximate surface area is 91.6 Å². The topological polar surface area (TPSA) is 61.3 Å². The molecule has 2 heterocycles. The van der Waals surface area contributed by atoms with Crippen molar-refractivity contribution in [3.63, 3.8) is 0 Å². The van der Waals surface area contributed by atoms with Crippen molar-refractivity contribution in [2.24, 2.45) is 5.73 Å². The highest BCUT2D eigenvalue weighted by Gasteiger charge is 2.02. The van der Waals surface area contributed by atoms with Crippen LogP contribution in [0.15, 0.2) is 28.1 Å². The second-order valence-electron chi connectivity index (χ2n) is 3.06. The Morgan fingerprint density at radius 1 is 1.47 bits per heavy atom. The minimum Gasteiger partial charge on any atom is -0.368 e. The van der Waals surface area contributed by atoms with Gasteiger partial charge in [0.2, 0.25) is 0 Å². The van der Waals surface area contributed by atoms with Crippen LogP contribution in [0.1, 0.15) is 16.3 Å². The van der Waals surface area contributed by atoms with Crippen LogP contribution in [0.4, 0.5) is 0 Å². The fourth-order valence-corrected chi connectivity index (χ4v) is 1.81. The van der Waals surface area contributed by atoms with Gasteiger partial charge in [-0.3, -0.25) is 0 Å². The van der Waals surface area contributed by atoms with Gasteiger partial charge in [-0.2, -0.15) is 0 Å². The van der Waals surface area contributed by atoms with Crippen LogP contribution < -0.4 is 5.73 Å². The van der Waals surface area contributed by atoms with E-state index in [1.807, 2.05) is 23.6 Å². The van der Waals surface area contributed by atoms with Gasteiger partial charge in [0.15, 0.2) is 5.76 Å². The molecule has 0 atom stereocenters. The highest BCUT2D eigenvalue weighted by Crippen LogP contribution is 2.11. The summed E-state index contributed by atoms with van der Waals surface area (Å²) in [5.74, 6) is 0.715. The number of nitrogens with zero attached hydrogens (tertiary/aromatic N) is 1. The minimum atomic E-state index is 0.397.